The Bertz CT molecular complexity index is 1040. The summed E-state index contributed by atoms with van der Waals surface area (Å²) >= 11 is 0. The lowest BCUT2D eigenvalue weighted by molar-refractivity contribution is -0.115. The monoisotopic (exact) mass is 409 g/mol. The number of hydrogen-bond acceptors (Lipinski definition) is 7. The van der Waals surface area contributed by atoms with Crippen LogP contribution in [0, 0.1) is 6.92 Å². The van der Waals surface area contributed by atoms with Gasteiger partial charge in [-0.05, 0) is 31.7 Å². The first-order chi connectivity index (χ1) is 14.6. The molecule has 9 nitrogen and oxygen atoms in total. The van der Waals surface area contributed by atoms with Gasteiger partial charge in [-0.3, -0.25) is 14.9 Å². The van der Waals surface area contributed by atoms with Crippen molar-refractivity contribution in [3.63, 3.8) is 0 Å². The molecule has 0 aromatic carbocycles. The predicted octanol–water partition coefficient (Wildman–Crippen LogP) is 3.07. The molecule has 1 saturated carbocycles. The zero-order valence-electron chi connectivity index (χ0n) is 16.6. The number of aromatic nitrogens is 4. The molecule has 4 heterocycles. The highest BCUT2D eigenvalue weighted by Crippen LogP contribution is 2.44. The lowest BCUT2D eigenvalue weighted by Gasteiger charge is -2.14. The molecule has 2 N–H and O–H groups in total. The molecule has 1 saturated heterocycles. The summed E-state index contributed by atoms with van der Waals surface area (Å²) in [6, 6.07) is 5.57. The number of nitrogens with zero attached hydrogens (tertiary/aromatic N) is 3. The van der Waals surface area contributed by atoms with Crippen molar-refractivity contribution in [3.8, 4) is 5.75 Å². The predicted molar refractivity (Wildman–Crippen MR) is 106 cm³/mol. The van der Waals surface area contributed by atoms with Gasteiger partial charge < -0.3 is 19.3 Å². The summed E-state index contributed by atoms with van der Waals surface area (Å²) in [5.41, 5.74) is 2.79. The highest BCUT2D eigenvalue weighted by Gasteiger charge is 2.32. The van der Waals surface area contributed by atoms with Crippen molar-refractivity contribution in [1.29, 1.82) is 0 Å². The fourth-order valence-electron chi connectivity index (χ4n) is 3.71. The summed E-state index contributed by atoms with van der Waals surface area (Å²) in [6.07, 6.45) is 6.63. The molecule has 2 atom stereocenters. The molecule has 1 amide bonds. The number of amides is 1. The standard InChI is InChI=1S/C21H23N5O4/c1-12-6-14(30-26-12)8-21(27)23-20-9-17(24-25-20)18-7-15(11-28-18)29-19-10-22-5-4-16(19)13-2-3-13/h4-6,9-10,13,15,18H,2-3,7-8,11H2,1H3,(H2,23,24,25,27)/t15-,18-/m0/s1. The minimum atomic E-state index is -0.220. The van der Waals surface area contributed by atoms with Crippen molar-refractivity contribution in [2.24, 2.45) is 0 Å². The van der Waals surface area contributed by atoms with Gasteiger partial charge in [-0.25, -0.2) is 0 Å². The quantitative estimate of drug-likeness (QED) is 0.616. The van der Waals surface area contributed by atoms with Gasteiger partial charge in [0.1, 0.15) is 23.7 Å². The smallest absolute Gasteiger partial charge is 0.233 e. The molecule has 0 unspecified atom stereocenters. The zero-order valence-corrected chi connectivity index (χ0v) is 16.6. The largest absolute Gasteiger partial charge is 0.486 e. The van der Waals surface area contributed by atoms with Crippen LogP contribution < -0.4 is 10.1 Å². The van der Waals surface area contributed by atoms with Gasteiger partial charge in [0.25, 0.3) is 0 Å². The van der Waals surface area contributed by atoms with Crippen LogP contribution in [0.1, 0.15) is 54.0 Å². The molecule has 9 heteroatoms. The average molecular weight is 409 g/mol. The van der Waals surface area contributed by atoms with Crippen molar-refractivity contribution in [3.05, 3.63) is 53.3 Å². The number of ether oxygens (including phenoxy) is 2. The van der Waals surface area contributed by atoms with Gasteiger partial charge in [0.15, 0.2) is 5.82 Å². The Kier molecular flexibility index (Phi) is 4.96. The molecule has 156 valence electrons. The third-order valence-corrected chi connectivity index (χ3v) is 5.31. The molecule has 0 radical (unpaired) electrons. The summed E-state index contributed by atoms with van der Waals surface area (Å²) in [5, 5.41) is 13.7. The van der Waals surface area contributed by atoms with Crippen molar-refractivity contribution >= 4 is 11.7 Å². The number of rotatable bonds is 7. The Balaban J connectivity index is 1.17. The summed E-state index contributed by atoms with van der Waals surface area (Å²) < 4.78 is 17.2. The molecule has 0 spiro atoms. The van der Waals surface area contributed by atoms with Crippen molar-refractivity contribution < 1.29 is 18.8 Å². The molecular weight excluding hydrogens is 386 g/mol. The Morgan fingerprint density at radius 3 is 3.07 bits per heavy atom. The number of pyridine rings is 1. The molecule has 5 rings (SSSR count). The topological polar surface area (TPSA) is 115 Å². The Labute approximate surface area is 173 Å². The van der Waals surface area contributed by atoms with Crippen LogP contribution in [0.4, 0.5) is 5.82 Å². The maximum absolute atomic E-state index is 12.2. The summed E-state index contributed by atoms with van der Waals surface area (Å²) in [6.45, 7) is 2.31. The van der Waals surface area contributed by atoms with E-state index >= 15 is 0 Å². The van der Waals surface area contributed by atoms with E-state index in [0.29, 0.717) is 30.5 Å². The number of H-pyrrole nitrogens is 1. The second-order valence-electron chi connectivity index (χ2n) is 7.85. The van der Waals surface area contributed by atoms with E-state index in [1.807, 2.05) is 19.2 Å². The normalized spacial score (nSPS) is 21.0. The van der Waals surface area contributed by atoms with E-state index in [2.05, 4.69) is 25.7 Å². The minimum Gasteiger partial charge on any atom is -0.486 e. The van der Waals surface area contributed by atoms with E-state index in [-0.39, 0.29) is 24.5 Å². The molecule has 2 aliphatic rings. The first kappa shape index (κ1) is 18.8. The van der Waals surface area contributed by atoms with Crippen LogP contribution in [-0.4, -0.2) is 39.0 Å². The maximum Gasteiger partial charge on any atom is 0.233 e. The molecule has 3 aromatic rings. The number of aromatic amines is 1. The molecule has 3 aromatic heterocycles. The van der Waals surface area contributed by atoms with Gasteiger partial charge in [-0.2, -0.15) is 5.10 Å². The molecule has 1 aliphatic heterocycles. The van der Waals surface area contributed by atoms with Crippen LogP contribution in [0.25, 0.3) is 0 Å². The highest BCUT2D eigenvalue weighted by molar-refractivity contribution is 5.91. The van der Waals surface area contributed by atoms with E-state index in [4.69, 9.17) is 14.0 Å². The SMILES string of the molecule is Cc1cc(CC(=O)Nc2cc([C@@H]3C[C@H](Oc4cnccc4C4CC4)CO3)[nH]n2)on1. The summed E-state index contributed by atoms with van der Waals surface area (Å²) in [5.74, 6) is 2.19. The van der Waals surface area contributed by atoms with Crippen molar-refractivity contribution in [2.75, 3.05) is 11.9 Å². The Hall–Kier alpha value is -3.20. The van der Waals surface area contributed by atoms with Gasteiger partial charge in [0.2, 0.25) is 5.91 Å². The first-order valence-electron chi connectivity index (χ1n) is 10.1. The van der Waals surface area contributed by atoms with Gasteiger partial charge in [0, 0.05) is 30.3 Å². The Morgan fingerprint density at radius 1 is 1.37 bits per heavy atom. The van der Waals surface area contributed by atoms with Gasteiger partial charge in [-0.1, -0.05) is 5.16 Å². The van der Waals surface area contributed by atoms with Crippen molar-refractivity contribution in [1.82, 2.24) is 20.3 Å². The van der Waals surface area contributed by atoms with Gasteiger partial charge in [-0.15, -0.1) is 0 Å². The number of nitrogens with one attached hydrogen (secondary N) is 2. The molecule has 30 heavy (non-hydrogen) atoms. The van der Waals surface area contributed by atoms with Crippen molar-refractivity contribution in [2.45, 2.75) is 50.7 Å². The summed E-state index contributed by atoms with van der Waals surface area (Å²) in [4.78, 5) is 16.4. The highest BCUT2D eigenvalue weighted by atomic mass is 16.6. The van der Waals surface area contributed by atoms with E-state index in [1.54, 1.807) is 18.3 Å². The third kappa shape index (κ3) is 4.20. The van der Waals surface area contributed by atoms with Crippen LogP contribution in [0.3, 0.4) is 0 Å². The molecule has 2 fully saturated rings. The second kappa shape index (κ2) is 7.91. The number of carbonyl (C=O) groups is 1. The fraction of sp³-hybridized carbons (Fsp3) is 0.429. The van der Waals surface area contributed by atoms with E-state index < -0.39 is 0 Å². The van der Waals surface area contributed by atoms with Gasteiger partial charge >= 0.3 is 0 Å². The lowest BCUT2D eigenvalue weighted by atomic mass is 10.1. The lowest BCUT2D eigenvalue weighted by Crippen LogP contribution is -2.16. The summed E-state index contributed by atoms with van der Waals surface area (Å²) in [7, 11) is 0. The maximum atomic E-state index is 12.2. The average Bonchev–Trinajstić information content (AvgIpc) is 3.08. The molecule has 0 bridgehead atoms. The number of anilines is 1. The van der Waals surface area contributed by atoms with Crippen LogP contribution >= 0.6 is 0 Å². The van der Waals surface area contributed by atoms with Gasteiger partial charge in [0.05, 0.1) is 30.6 Å². The van der Waals surface area contributed by atoms with Crippen LogP contribution in [0.15, 0.2) is 35.1 Å². The van der Waals surface area contributed by atoms with E-state index in [1.165, 1.54) is 18.4 Å². The van der Waals surface area contributed by atoms with Crippen LogP contribution in [-0.2, 0) is 16.0 Å². The number of carbonyl (C=O) groups excluding carboxylic acids is 1. The van der Waals surface area contributed by atoms with Crippen LogP contribution in [0.5, 0.6) is 5.75 Å². The number of hydrogen-bond donors (Lipinski definition) is 2. The third-order valence-electron chi connectivity index (χ3n) is 5.31. The second-order valence-corrected chi connectivity index (χ2v) is 7.85. The van der Waals surface area contributed by atoms with Crippen LogP contribution in [0.2, 0.25) is 0 Å². The zero-order chi connectivity index (χ0) is 20.5. The Morgan fingerprint density at radius 2 is 2.27 bits per heavy atom. The molecular formula is C21H23N5O4. The first-order valence-corrected chi connectivity index (χ1v) is 10.1. The minimum absolute atomic E-state index is 0.0484. The molecule has 1 aliphatic carbocycles. The van der Waals surface area contributed by atoms with E-state index in [0.717, 1.165) is 17.1 Å². The van der Waals surface area contributed by atoms with E-state index in [9.17, 15) is 4.79 Å². The fourth-order valence-corrected chi connectivity index (χ4v) is 3.71. The number of aryl methyl sites for hydroxylation is 1.